The molecule has 0 aromatic heterocycles. The number of ether oxygens (including phenoxy) is 3. The van der Waals surface area contributed by atoms with Gasteiger partial charge in [0.15, 0.2) is 0 Å². The Morgan fingerprint density at radius 2 is 1.31 bits per heavy atom. The molecule has 0 atom stereocenters. The second kappa shape index (κ2) is 11.6. The lowest BCUT2D eigenvalue weighted by atomic mass is 10.5. The summed E-state index contributed by atoms with van der Waals surface area (Å²) in [5.74, 6) is 0. The Hall–Kier alpha value is 0.0969. The Balaban J connectivity index is 0. The van der Waals surface area contributed by atoms with E-state index in [-0.39, 0.29) is 7.43 Å². The van der Waals surface area contributed by atoms with Crippen LogP contribution >= 0.6 is 0 Å². The maximum absolute atomic E-state index is 5.47. The van der Waals surface area contributed by atoms with Crippen LogP contribution in [-0.2, 0) is 14.2 Å². The second-order valence-corrected chi connectivity index (χ2v) is 10.5. The minimum absolute atomic E-state index is 0. The fraction of sp³-hybridized carbons (Fsp3) is 1.00. The molecule has 0 heterocycles. The number of methoxy groups -OCH3 is 1. The lowest BCUT2D eigenvalue weighted by Gasteiger charge is -2.15. The van der Waals surface area contributed by atoms with Crippen molar-refractivity contribution in [3.63, 3.8) is 0 Å². The highest BCUT2D eigenvalue weighted by Gasteiger charge is 2.11. The third kappa shape index (κ3) is 16.5. The standard InChI is InChI=1S/C11H26O3Si.CH4/c1-12-7-8-14-10-9-13-6-5-11-15(2,3)4;/h5-11H2,1-4H3;1H4. The Kier molecular flexibility index (Phi) is 13.4. The predicted octanol–water partition coefficient (Wildman–Crippen LogP) is 3.03. The van der Waals surface area contributed by atoms with Gasteiger partial charge in [0.1, 0.15) is 0 Å². The normalized spacial score (nSPS) is 11.2. The second-order valence-electron chi connectivity index (χ2n) is 4.88. The van der Waals surface area contributed by atoms with Gasteiger partial charge in [-0.15, -0.1) is 0 Å². The van der Waals surface area contributed by atoms with Crippen LogP contribution in [0, 0.1) is 0 Å². The molecule has 0 fully saturated rings. The van der Waals surface area contributed by atoms with Crippen LogP contribution in [0.4, 0.5) is 0 Å². The monoisotopic (exact) mass is 250 g/mol. The van der Waals surface area contributed by atoms with E-state index in [4.69, 9.17) is 14.2 Å². The summed E-state index contributed by atoms with van der Waals surface area (Å²) >= 11 is 0. The molecule has 0 amide bonds. The van der Waals surface area contributed by atoms with Gasteiger partial charge in [0, 0.05) is 21.8 Å². The van der Waals surface area contributed by atoms with Crippen molar-refractivity contribution < 1.29 is 14.2 Å². The van der Waals surface area contributed by atoms with Crippen LogP contribution in [-0.4, -0.2) is 48.2 Å². The van der Waals surface area contributed by atoms with E-state index in [2.05, 4.69) is 19.6 Å². The summed E-state index contributed by atoms with van der Waals surface area (Å²) in [6.45, 7) is 10.7. The largest absolute Gasteiger partial charge is 0.382 e. The van der Waals surface area contributed by atoms with Crippen LogP contribution in [0.5, 0.6) is 0 Å². The molecule has 0 saturated heterocycles. The zero-order valence-corrected chi connectivity index (χ0v) is 11.7. The first-order valence-electron chi connectivity index (χ1n) is 5.71. The summed E-state index contributed by atoms with van der Waals surface area (Å²) in [6, 6.07) is 1.34. The SMILES string of the molecule is C.COCCOCCOCCC[Si](C)(C)C. The van der Waals surface area contributed by atoms with Gasteiger partial charge in [-0.05, 0) is 6.42 Å². The number of hydrogen-bond donors (Lipinski definition) is 0. The lowest BCUT2D eigenvalue weighted by molar-refractivity contribution is 0.0249. The van der Waals surface area contributed by atoms with E-state index in [0.29, 0.717) is 26.4 Å². The molecule has 3 nitrogen and oxygen atoms in total. The zero-order chi connectivity index (χ0) is 11.6. The van der Waals surface area contributed by atoms with Crippen molar-refractivity contribution in [2.75, 3.05) is 40.1 Å². The molecule has 0 aliphatic heterocycles. The highest BCUT2D eigenvalue weighted by molar-refractivity contribution is 6.76. The predicted molar refractivity (Wildman–Crippen MR) is 73.0 cm³/mol. The highest BCUT2D eigenvalue weighted by atomic mass is 28.3. The molecule has 0 aromatic carbocycles. The topological polar surface area (TPSA) is 27.7 Å². The van der Waals surface area contributed by atoms with E-state index in [9.17, 15) is 0 Å². The molecule has 0 radical (unpaired) electrons. The Morgan fingerprint density at radius 3 is 1.81 bits per heavy atom. The third-order valence-corrected chi connectivity index (χ3v) is 3.87. The van der Waals surface area contributed by atoms with E-state index in [1.54, 1.807) is 7.11 Å². The first kappa shape index (κ1) is 18.5. The van der Waals surface area contributed by atoms with Gasteiger partial charge in [0.2, 0.25) is 0 Å². The number of rotatable bonds is 10. The maximum atomic E-state index is 5.47. The molecule has 100 valence electrons. The van der Waals surface area contributed by atoms with Crippen molar-refractivity contribution in [1.29, 1.82) is 0 Å². The molecule has 0 unspecified atom stereocenters. The van der Waals surface area contributed by atoms with Crippen molar-refractivity contribution >= 4 is 8.07 Å². The molecular weight excluding hydrogens is 220 g/mol. The lowest BCUT2D eigenvalue weighted by Crippen LogP contribution is -2.19. The summed E-state index contributed by atoms with van der Waals surface area (Å²) in [4.78, 5) is 0. The zero-order valence-electron chi connectivity index (χ0n) is 10.7. The Morgan fingerprint density at radius 1 is 0.812 bits per heavy atom. The fourth-order valence-corrected chi connectivity index (χ4v) is 2.37. The molecule has 0 aromatic rings. The molecule has 0 bridgehead atoms. The Labute approximate surface area is 102 Å². The summed E-state index contributed by atoms with van der Waals surface area (Å²) in [5.41, 5.74) is 0. The van der Waals surface area contributed by atoms with Crippen LogP contribution in [0.15, 0.2) is 0 Å². The van der Waals surface area contributed by atoms with E-state index < -0.39 is 8.07 Å². The summed E-state index contributed by atoms with van der Waals surface area (Å²) in [6.07, 6.45) is 1.19. The van der Waals surface area contributed by atoms with E-state index in [0.717, 1.165) is 6.61 Å². The first-order valence-corrected chi connectivity index (χ1v) is 9.41. The smallest absolute Gasteiger partial charge is 0.0701 e. The maximum Gasteiger partial charge on any atom is 0.0701 e. The van der Waals surface area contributed by atoms with Crippen molar-refractivity contribution in [1.82, 2.24) is 0 Å². The molecule has 0 spiro atoms. The van der Waals surface area contributed by atoms with Crippen LogP contribution in [0.2, 0.25) is 25.7 Å². The van der Waals surface area contributed by atoms with E-state index >= 15 is 0 Å². The first-order chi connectivity index (χ1) is 7.06. The molecule has 0 rings (SSSR count). The average Bonchev–Trinajstić information content (AvgIpc) is 2.14. The van der Waals surface area contributed by atoms with Gasteiger partial charge in [-0.25, -0.2) is 0 Å². The molecule has 16 heavy (non-hydrogen) atoms. The van der Waals surface area contributed by atoms with Gasteiger partial charge < -0.3 is 14.2 Å². The summed E-state index contributed by atoms with van der Waals surface area (Å²) < 4.78 is 15.6. The van der Waals surface area contributed by atoms with Crippen molar-refractivity contribution in [2.45, 2.75) is 39.5 Å². The van der Waals surface area contributed by atoms with E-state index in [1.165, 1.54) is 12.5 Å². The van der Waals surface area contributed by atoms with Crippen molar-refractivity contribution in [3.8, 4) is 0 Å². The van der Waals surface area contributed by atoms with Gasteiger partial charge in [-0.1, -0.05) is 33.1 Å². The van der Waals surface area contributed by atoms with Crippen LogP contribution in [0.1, 0.15) is 13.8 Å². The average molecular weight is 250 g/mol. The summed E-state index contributed by atoms with van der Waals surface area (Å²) in [7, 11) is 0.806. The van der Waals surface area contributed by atoms with Crippen molar-refractivity contribution in [3.05, 3.63) is 0 Å². The highest BCUT2D eigenvalue weighted by Crippen LogP contribution is 2.10. The molecule has 0 aliphatic rings. The molecule has 0 aliphatic carbocycles. The van der Waals surface area contributed by atoms with Gasteiger partial charge in [0.05, 0.1) is 26.4 Å². The fourth-order valence-electron chi connectivity index (χ4n) is 1.17. The minimum atomic E-state index is -0.871. The molecule has 4 heteroatoms. The minimum Gasteiger partial charge on any atom is -0.382 e. The molecule has 0 N–H and O–H groups in total. The quantitative estimate of drug-likeness (QED) is 0.440. The molecular formula is C12H30O3Si. The van der Waals surface area contributed by atoms with Crippen LogP contribution in [0.3, 0.4) is 0 Å². The van der Waals surface area contributed by atoms with Gasteiger partial charge in [-0.2, -0.15) is 0 Å². The van der Waals surface area contributed by atoms with Crippen LogP contribution < -0.4 is 0 Å². The third-order valence-electron chi connectivity index (χ3n) is 2.02. The van der Waals surface area contributed by atoms with Gasteiger partial charge in [0.25, 0.3) is 0 Å². The van der Waals surface area contributed by atoms with Crippen LogP contribution in [0.25, 0.3) is 0 Å². The Bertz CT molecular complexity index is 135. The van der Waals surface area contributed by atoms with E-state index in [1.807, 2.05) is 0 Å². The molecule has 0 saturated carbocycles. The number of hydrogen-bond acceptors (Lipinski definition) is 3. The van der Waals surface area contributed by atoms with Crippen molar-refractivity contribution in [2.24, 2.45) is 0 Å². The van der Waals surface area contributed by atoms with Gasteiger partial charge in [-0.3, -0.25) is 0 Å². The van der Waals surface area contributed by atoms with Gasteiger partial charge >= 0.3 is 0 Å². The summed E-state index contributed by atoms with van der Waals surface area (Å²) in [5, 5.41) is 0.